The van der Waals surface area contributed by atoms with Crippen LogP contribution in [0.4, 0.5) is 0 Å². The summed E-state index contributed by atoms with van der Waals surface area (Å²) >= 11 is 0. The minimum Gasteiger partial charge on any atom is -0.339 e. The average molecular weight is 367 g/mol. The van der Waals surface area contributed by atoms with Gasteiger partial charge in [0.05, 0.1) is 5.52 Å². The van der Waals surface area contributed by atoms with Gasteiger partial charge in [0.1, 0.15) is 0 Å². The molecule has 2 aliphatic heterocycles. The van der Waals surface area contributed by atoms with Gasteiger partial charge in [-0.15, -0.1) is 0 Å². The number of amides is 2. The molecule has 1 atom stereocenters. The predicted molar refractivity (Wildman–Crippen MR) is 101 cm³/mol. The number of hydrogen-bond donors (Lipinski definition) is 2. The second kappa shape index (κ2) is 6.34. The monoisotopic (exact) mass is 367 g/mol. The molecule has 2 amide bonds. The van der Waals surface area contributed by atoms with E-state index in [1.165, 1.54) is 0 Å². The fourth-order valence-electron chi connectivity index (χ4n) is 4.80. The molecule has 2 aromatic rings. The molecule has 2 N–H and O–H groups in total. The van der Waals surface area contributed by atoms with Crippen LogP contribution < -0.4 is 5.32 Å². The minimum atomic E-state index is -0.0548. The maximum Gasteiger partial charge on any atom is 0.275 e. The lowest BCUT2D eigenvalue weighted by molar-refractivity contribution is -0.135. The molecule has 1 aromatic heterocycles. The molecule has 1 saturated carbocycles. The highest BCUT2D eigenvalue weighted by atomic mass is 16.2. The second-order valence-electron chi connectivity index (χ2n) is 8.10. The van der Waals surface area contributed by atoms with Gasteiger partial charge in [-0.05, 0) is 43.8 Å². The first-order valence-electron chi connectivity index (χ1n) is 9.90. The molecule has 3 fully saturated rings. The maximum absolute atomic E-state index is 12.9. The third-order valence-electron chi connectivity index (χ3n) is 6.64. The van der Waals surface area contributed by atoms with Crippen molar-refractivity contribution in [2.24, 2.45) is 11.3 Å². The number of fused-ring (bicyclic) bond motifs is 1. The van der Waals surface area contributed by atoms with Crippen molar-refractivity contribution in [1.29, 1.82) is 0 Å². The summed E-state index contributed by atoms with van der Waals surface area (Å²) in [5.41, 5.74) is 1.61. The van der Waals surface area contributed by atoms with Crippen molar-refractivity contribution in [3.8, 4) is 0 Å². The largest absolute Gasteiger partial charge is 0.339 e. The molecule has 3 aliphatic rings. The SMILES string of the molecule is O=C(c1n[nH]c2ccccc12)N1CCN(C(=O)C2CC23CCNCC3)CC1. The van der Waals surface area contributed by atoms with E-state index in [1.807, 2.05) is 34.1 Å². The number of piperidine rings is 1. The highest BCUT2D eigenvalue weighted by Gasteiger charge is 2.58. The number of para-hydroxylation sites is 1. The van der Waals surface area contributed by atoms with Gasteiger partial charge in [-0.25, -0.2) is 0 Å². The van der Waals surface area contributed by atoms with Gasteiger partial charge in [0, 0.05) is 37.5 Å². The minimum absolute atomic E-state index is 0.0548. The van der Waals surface area contributed by atoms with E-state index in [0.717, 1.165) is 43.3 Å². The summed E-state index contributed by atoms with van der Waals surface area (Å²) in [7, 11) is 0. The Morgan fingerprint density at radius 1 is 1.04 bits per heavy atom. The number of H-pyrrole nitrogens is 1. The van der Waals surface area contributed by atoms with Gasteiger partial charge in [-0.1, -0.05) is 18.2 Å². The Morgan fingerprint density at radius 2 is 1.74 bits per heavy atom. The van der Waals surface area contributed by atoms with Gasteiger partial charge in [0.2, 0.25) is 5.91 Å². The number of carbonyl (C=O) groups is 2. The van der Waals surface area contributed by atoms with E-state index < -0.39 is 0 Å². The molecule has 1 aliphatic carbocycles. The first kappa shape index (κ1) is 16.7. The van der Waals surface area contributed by atoms with Gasteiger partial charge in [0.15, 0.2) is 5.69 Å². The summed E-state index contributed by atoms with van der Waals surface area (Å²) in [5.74, 6) is 0.451. The predicted octanol–water partition coefficient (Wildman–Crippen LogP) is 1.24. The van der Waals surface area contributed by atoms with Crippen LogP contribution in [0.1, 0.15) is 29.8 Å². The molecule has 0 bridgehead atoms. The van der Waals surface area contributed by atoms with Gasteiger partial charge in [0.25, 0.3) is 5.91 Å². The number of hydrogen-bond acceptors (Lipinski definition) is 4. The lowest BCUT2D eigenvalue weighted by Crippen LogP contribution is -2.51. The van der Waals surface area contributed by atoms with E-state index in [4.69, 9.17) is 0 Å². The Kier molecular flexibility index (Phi) is 3.93. The quantitative estimate of drug-likeness (QED) is 0.837. The van der Waals surface area contributed by atoms with Crippen molar-refractivity contribution in [3.05, 3.63) is 30.0 Å². The molecule has 1 aromatic carbocycles. The van der Waals surface area contributed by atoms with Crippen LogP contribution in [0.3, 0.4) is 0 Å². The van der Waals surface area contributed by atoms with E-state index in [9.17, 15) is 9.59 Å². The number of aromatic nitrogens is 2. The lowest BCUT2D eigenvalue weighted by Gasteiger charge is -2.35. The Hall–Kier alpha value is -2.41. The van der Waals surface area contributed by atoms with E-state index in [2.05, 4.69) is 15.5 Å². The summed E-state index contributed by atoms with van der Waals surface area (Å²) in [6, 6.07) is 7.67. The fraction of sp³-hybridized carbons (Fsp3) is 0.550. The fourth-order valence-corrected chi connectivity index (χ4v) is 4.80. The number of rotatable bonds is 2. The van der Waals surface area contributed by atoms with Gasteiger partial charge in [-0.2, -0.15) is 5.10 Å². The van der Waals surface area contributed by atoms with E-state index in [-0.39, 0.29) is 17.2 Å². The highest BCUT2D eigenvalue weighted by Crippen LogP contribution is 2.59. The molecule has 1 spiro atoms. The van der Waals surface area contributed by atoms with E-state index in [1.54, 1.807) is 0 Å². The normalized spacial score (nSPS) is 24.4. The summed E-state index contributed by atoms with van der Waals surface area (Å²) in [6.45, 7) is 4.46. The number of aromatic amines is 1. The smallest absolute Gasteiger partial charge is 0.275 e. The number of benzene rings is 1. The molecular formula is C20H25N5O2. The van der Waals surface area contributed by atoms with E-state index in [0.29, 0.717) is 37.8 Å². The molecule has 5 rings (SSSR count). The van der Waals surface area contributed by atoms with Crippen LogP contribution in [-0.2, 0) is 4.79 Å². The average Bonchev–Trinajstić information content (AvgIpc) is 3.23. The summed E-state index contributed by atoms with van der Waals surface area (Å²) in [6.07, 6.45) is 3.29. The highest BCUT2D eigenvalue weighted by molar-refractivity contribution is 6.04. The molecule has 3 heterocycles. The van der Waals surface area contributed by atoms with Crippen molar-refractivity contribution < 1.29 is 9.59 Å². The van der Waals surface area contributed by atoms with Crippen LogP contribution in [0.5, 0.6) is 0 Å². The van der Waals surface area contributed by atoms with Crippen molar-refractivity contribution in [1.82, 2.24) is 25.3 Å². The third-order valence-corrected chi connectivity index (χ3v) is 6.64. The molecule has 2 saturated heterocycles. The van der Waals surface area contributed by atoms with Gasteiger partial charge >= 0.3 is 0 Å². The maximum atomic E-state index is 12.9. The molecule has 1 unspecified atom stereocenters. The van der Waals surface area contributed by atoms with Crippen LogP contribution >= 0.6 is 0 Å². The van der Waals surface area contributed by atoms with Crippen LogP contribution in [-0.4, -0.2) is 71.1 Å². The Morgan fingerprint density at radius 3 is 2.52 bits per heavy atom. The van der Waals surface area contributed by atoms with Crippen molar-refractivity contribution in [2.75, 3.05) is 39.3 Å². The van der Waals surface area contributed by atoms with Crippen LogP contribution in [0.2, 0.25) is 0 Å². The number of nitrogens with zero attached hydrogens (tertiary/aromatic N) is 3. The van der Waals surface area contributed by atoms with Crippen LogP contribution in [0.15, 0.2) is 24.3 Å². The molecule has 0 radical (unpaired) electrons. The van der Waals surface area contributed by atoms with Crippen molar-refractivity contribution >= 4 is 22.7 Å². The third kappa shape index (κ3) is 2.81. The topological polar surface area (TPSA) is 81.3 Å². The van der Waals surface area contributed by atoms with Gasteiger partial charge in [-0.3, -0.25) is 14.7 Å². The number of carbonyl (C=O) groups excluding carboxylic acids is 2. The molecular weight excluding hydrogens is 342 g/mol. The second-order valence-corrected chi connectivity index (χ2v) is 8.10. The number of piperazine rings is 1. The molecule has 7 nitrogen and oxygen atoms in total. The first-order chi connectivity index (χ1) is 13.2. The molecule has 27 heavy (non-hydrogen) atoms. The Labute approximate surface area is 158 Å². The summed E-state index contributed by atoms with van der Waals surface area (Å²) in [5, 5.41) is 11.4. The standard InChI is InChI=1S/C20H25N5O2/c26-18(15-13-20(15)5-7-21-8-6-20)24-9-11-25(12-10-24)19(27)17-14-3-1-2-4-16(14)22-23-17/h1-4,15,21H,5-13H2,(H,22,23). The zero-order valence-electron chi connectivity index (χ0n) is 15.4. The zero-order valence-corrected chi connectivity index (χ0v) is 15.4. The summed E-state index contributed by atoms with van der Waals surface area (Å²) < 4.78 is 0. The van der Waals surface area contributed by atoms with Crippen LogP contribution in [0.25, 0.3) is 10.9 Å². The van der Waals surface area contributed by atoms with E-state index >= 15 is 0 Å². The first-order valence-corrected chi connectivity index (χ1v) is 9.90. The molecule has 142 valence electrons. The van der Waals surface area contributed by atoms with Crippen molar-refractivity contribution in [3.63, 3.8) is 0 Å². The van der Waals surface area contributed by atoms with Crippen LogP contribution in [0, 0.1) is 11.3 Å². The van der Waals surface area contributed by atoms with Gasteiger partial charge < -0.3 is 15.1 Å². The Balaban J connectivity index is 1.21. The molecule has 7 heteroatoms. The number of nitrogens with one attached hydrogen (secondary N) is 2. The zero-order chi connectivity index (χ0) is 18.4. The summed E-state index contributed by atoms with van der Waals surface area (Å²) in [4.78, 5) is 29.6. The Bertz CT molecular complexity index is 877. The lowest BCUT2D eigenvalue weighted by atomic mass is 9.91. The van der Waals surface area contributed by atoms with Crippen molar-refractivity contribution in [2.45, 2.75) is 19.3 Å².